The van der Waals surface area contributed by atoms with Gasteiger partial charge in [-0.2, -0.15) is 0 Å². The van der Waals surface area contributed by atoms with Crippen LogP contribution in [-0.4, -0.2) is 21.7 Å². The van der Waals surface area contributed by atoms with Gasteiger partial charge in [0.15, 0.2) is 5.78 Å². The number of nitrogens with zero attached hydrogens (tertiary/aromatic N) is 1. The zero-order valence-corrected chi connectivity index (χ0v) is 8.19. The molecule has 1 aromatic carbocycles. The number of hydrogen-bond donors (Lipinski definition) is 2. The molecule has 0 bridgehead atoms. The molecule has 0 radical (unpaired) electrons. The average molecular weight is 231 g/mol. The van der Waals surface area contributed by atoms with E-state index in [0.29, 0.717) is 0 Å². The van der Waals surface area contributed by atoms with Gasteiger partial charge in [0.05, 0.1) is 10.8 Å². The standard InChI is InChI=1S/C8H7ClN2O4/c9-3-7(13)5-1-4(12)2-6(10)8(5)11(14)15/h1-2,12H,3,10H2. The molecule has 0 aliphatic rings. The summed E-state index contributed by atoms with van der Waals surface area (Å²) in [5.41, 5.74) is 4.23. The molecule has 0 amide bonds. The fourth-order valence-corrected chi connectivity index (χ4v) is 1.27. The zero-order chi connectivity index (χ0) is 11.6. The van der Waals surface area contributed by atoms with Crippen molar-refractivity contribution in [1.29, 1.82) is 0 Å². The first-order chi connectivity index (χ1) is 6.97. The van der Waals surface area contributed by atoms with Crippen LogP contribution in [0.4, 0.5) is 11.4 Å². The first-order valence-electron chi connectivity index (χ1n) is 3.83. The normalized spacial score (nSPS) is 9.93. The maximum Gasteiger partial charge on any atom is 0.303 e. The van der Waals surface area contributed by atoms with Crippen LogP contribution in [0.1, 0.15) is 10.4 Å². The Labute approximate surface area is 89.4 Å². The van der Waals surface area contributed by atoms with Gasteiger partial charge in [-0.05, 0) is 6.07 Å². The van der Waals surface area contributed by atoms with Crippen molar-refractivity contribution < 1.29 is 14.8 Å². The van der Waals surface area contributed by atoms with Crippen LogP contribution in [-0.2, 0) is 0 Å². The Bertz CT molecular complexity index is 433. The van der Waals surface area contributed by atoms with Gasteiger partial charge in [0, 0.05) is 6.07 Å². The number of anilines is 1. The summed E-state index contributed by atoms with van der Waals surface area (Å²) < 4.78 is 0. The summed E-state index contributed by atoms with van der Waals surface area (Å²) in [6.45, 7) is 0. The number of hydrogen-bond acceptors (Lipinski definition) is 5. The molecule has 0 fully saturated rings. The van der Waals surface area contributed by atoms with E-state index in [4.69, 9.17) is 22.4 Å². The van der Waals surface area contributed by atoms with E-state index in [1.165, 1.54) is 0 Å². The van der Waals surface area contributed by atoms with E-state index in [1.54, 1.807) is 0 Å². The van der Waals surface area contributed by atoms with Crippen molar-refractivity contribution >= 4 is 28.8 Å². The van der Waals surface area contributed by atoms with Gasteiger partial charge in [-0.1, -0.05) is 0 Å². The summed E-state index contributed by atoms with van der Waals surface area (Å²) in [5.74, 6) is -1.39. The molecule has 0 saturated heterocycles. The molecule has 3 N–H and O–H groups in total. The van der Waals surface area contributed by atoms with Crippen LogP contribution in [0.2, 0.25) is 0 Å². The number of alkyl halides is 1. The number of nitrogens with two attached hydrogens (primary N) is 1. The number of carbonyl (C=O) groups excluding carboxylic acids is 1. The highest BCUT2D eigenvalue weighted by atomic mass is 35.5. The molecule has 1 rings (SSSR count). The summed E-state index contributed by atoms with van der Waals surface area (Å²) in [5, 5.41) is 19.8. The number of nitro benzene ring substituents is 1. The molecule has 7 heteroatoms. The molecule has 0 aliphatic heterocycles. The van der Waals surface area contributed by atoms with E-state index in [0.717, 1.165) is 12.1 Å². The third-order valence-corrected chi connectivity index (χ3v) is 1.97. The second-order valence-corrected chi connectivity index (χ2v) is 3.01. The molecule has 1 aromatic rings. The van der Waals surface area contributed by atoms with Crippen LogP contribution < -0.4 is 5.73 Å². The fourth-order valence-electron chi connectivity index (χ4n) is 1.13. The van der Waals surface area contributed by atoms with Crippen molar-refractivity contribution in [3.8, 4) is 5.75 Å². The smallest absolute Gasteiger partial charge is 0.303 e. The Hall–Kier alpha value is -1.82. The molecule has 0 aromatic heterocycles. The van der Waals surface area contributed by atoms with E-state index in [1.807, 2.05) is 0 Å². The predicted octanol–water partition coefficient (Wildman–Crippen LogP) is 1.30. The molecular formula is C8H7ClN2O4. The van der Waals surface area contributed by atoms with Gasteiger partial charge < -0.3 is 10.8 Å². The minimum Gasteiger partial charge on any atom is -0.508 e. The van der Waals surface area contributed by atoms with Crippen LogP contribution in [0.25, 0.3) is 0 Å². The molecular weight excluding hydrogens is 224 g/mol. The molecule has 0 unspecified atom stereocenters. The maximum atomic E-state index is 11.2. The molecule has 0 spiro atoms. The van der Waals surface area contributed by atoms with Crippen molar-refractivity contribution in [2.45, 2.75) is 0 Å². The lowest BCUT2D eigenvalue weighted by molar-refractivity contribution is -0.384. The lowest BCUT2D eigenvalue weighted by Crippen LogP contribution is -2.07. The number of benzene rings is 1. The monoisotopic (exact) mass is 230 g/mol. The second kappa shape index (κ2) is 4.14. The minimum absolute atomic E-state index is 0.270. The van der Waals surface area contributed by atoms with Crippen LogP contribution in [0.3, 0.4) is 0 Å². The van der Waals surface area contributed by atoms with Crippen molar-refractivity contribution in [3.05, 3.63) is 27.8 Å². The summed E-state index contributed by atoms with van der Waals surface area (Å²) in [6.07, 6.45) is 0. The molecule has 0 aliphatic carbocycles. The first-order valence-corrected chi connectivity index (χ1v) is 4.37. The Morgan fingerprint density at radius 3 is 2.67 bits per heavy atom. The van der Waals surface area contributed by atoms with Crippen LogP contribution in [0, 0.1) is 10.1 Å². The van der Waals surface area contributed by atoms with Gasteiger partial charge >= 0.3 is 5.69 Å². The highest BCUT2D eigenvalue weighted by Gasteiger charge is 2.23. The number of halogens is 1. The van der Waals surface area contributed by atoms with Gasteiger partial charge in [0.2, 0.25) is 0 Å². The van der Waals surface area contributed by atoms with Crippen LogP contribution >= 0.6 is 11.6 Å². The molecule has 0 heterocycles. The van der Waals surface area contributed by atoms with E-state index in [-0.39, 0.29) is 17.0 Å². The molecule has 6 nitrogen and oxygen atoms in total. The van der Waals surface area contributed by atoms with Gasteiger partial charge in [-0.3, -0.25) is 14.9 Å². The zero-order valence-electron chi connectivity index (χ0n) is 7.44. The number of phenolic OH excluding ortho intramolecular Hbond substituents is 1. The van der Waals surface area contributed by atoms with E-state index in [2.05, 4.69) is 0 Å². The number of nitro groups is 1. The van der Waals surface area contributed by atoms with Gasteiger partial charge in [-0.15, -0.1) is 11.6 Å². The van der Waals surface area contributed by atoms with E-state index in [9.17, 15) is 14.9 Å². The average Bonchev–Trinajstić information content (AvgIpc) is 2.14. The number of nitrogen functional groups attached to an aromatic ring is 1. The number of ketones is 1. The first kappa shape index (κ1) is 11.3. The second-order valence-electron chi connectivity index (χ2n) is 2.75. The Morgan fingerprint density at radius 2 is 2.20 bits per heavy atom. The van der Waals surface area contributed by atoms with Crippen molar-refractivity contribution in [1.82, 2.24) is 0 Å². The number of Topliss-reactive ketones (excluding diaryl/α,β-unsaturated/α-hetero) is 1. The Kier molecular flexibility index (Phi) is 3.11. The SMILES string of the molecule is Nc1cc(O)cc(C(=O)CCl)c1[N+](=O)[O-]. The van der Waals surface area contributed by atoms with Gasteiger partial charge in [-0.25, -0.2) is 0 Å². The molecule has 0 atom stereocenters. The van der Waals surface area contributed by atoms with Crippen LogP contribution in [0.15, 0.2) is 12.1 Å². The maximum absolute atomic E-state index is 11.2. The minimum atomic E-state index is -0.783. The van der Waals surface area contributed by atoms with E-state index >= 15 is 0 Å². The number of phenols is 1. The summed E-state index contributed by atoms with van der Waals surface area (Å²) in [7, 11) is 0. The summed E-state index contributed by atoms with van der Waals surface area (Å²) >= 11 is 5.27. The lowest BCUT2D eigenvalue weighted by Gasteiger charge is -2.03. The Morgan fingerprint density at radius 1 is 1.60 bits per heavy atom. The van der Waals surface area contributed by atoms with Crippen molar-refractivity contribution in [3.63, 3.8) is 0 Å². The van der Waals surface area contributed by atoms with Gasteiger partial charge in [0.25, 0.3) is 0 Å². The third kappa shape index (κ3) is 2.16. The Balaban J connectivity index is 3.46. The van der Waals surface area contributed by atoms with Gasteiger partial charge in [0.1, 0.15) is 17.0 Å². The van der Waals surface area contributed by atoms with Crippen molar-refractivity contribution in [2.24, 2.45) is 0 Å². The highest BCUT2D eigenvalue weighted by molar-refractivity contribution is 6.31. The number of aromatic hydroxyl groups is 1. The van der Waals surface area contributed by atoms with Crippen molar-refractivity contribution in [2.75, 3.05) is 11.6 Å². The fraction of sp³-hybridized carbons (Fsp3) is 0.125. The third-order valence-electron chi connectivity index (χ3n) is 1.73. The quantitative estimate of drug-likeness (QED) is 0.268. The van der Waals surface area contributed by atoms with Crippen LogP contribution in [0.5, 0.6) is 5.75 Å². The van der Waals surface area contributed by atoms with E-state index < -0.39 is 22.3 Å². The number of rotatable bonds is 3. The summed E-state index contributed by atoms with van der Waals surface area (Å²) in [6, 6.07) is 1.97. The molecule has 15 heavy (non-hydrogen) atoms. The largest absolute Gasteiger partial charge is 0.508 e. The lowest BCUT2D eigenvalue weighted by atomic mass is 10.1. The molecule has 0 saturated carbocycles. The molecule has 80 valence electrons. The summed E-state index contributed by atoms with van der Waals surface area (Å²) in [4.78, 5) is 21.1. The number of carbonyl (C=O) groups is 1. The topological polar surface area (TPSA) is 106 Å². The highest BCUT2D eigenvalue weighted by Crippen LogP contribution is 2.31. The predicted molar refractivity (Wildman–Crippen MR) is 54.2 cm³/mol.